The summed E-state index contributed by atoms with van der Waals surface area (Å²) in [5.74, 6) is 0.599. The minimum Gasteiger partial charge on any atom is -0.355 e. The second-order valence-electron chi connectivity index (χ2n) is 8.25. The molecule has 0 aliphatic heterocycles. The highest BCUT2D eigenvalue weighted by atomic mass is 32.2. The number of hydrogen-bond donors (Lipinski definition) is 1. The number of nitrogens with one attached hydrogen (secondary N) is 1. The Kier molecular flexibility index (Phi) is 6.29. The Hall–Kier alpha value is -2.12. The van der Waals surface area contributed by atoms with Gasteiger partial charge >= 0.3 is 0 Å². The van der Waals surface area contributed by atoms with Crippen molar-refractivity contribution >= 4 is 39.2 Å². The van der Waals surface area contributed by atoms with E-state index in [1.807, 2.05) is 31.2 Å². The molecule has 0 saturated carbocycles. The number of carbonyl (C=O) groups excluding carboxylic acids is 1. The predicted octanol–water partition coefficient (Wildman–Crippen LogP) is 4.50. The van der Waals surface area contributed by atoms with Crippen LogP contribution in [0.15, 0.2) is 34.2 Å². The molecule has 4 rings (SSSR count). The molecule has 158 valence electrons. The van der Waals surface area contributed by atoms with Gasteiger partial charge in [0, 0.05) is 11.4 Å². The Morgan fingerprint density at radius 2 is 1.97 bits per heavy atom. The topological polar surface area (TPSA) is 64.0 Å². The van der Waals surface area contributed by atoms with Crippen LogP contribution in [0.3, 0.4) is 0 Å². The molecule has 2 aromatic heterocycles. The molecule has 0 atom stereocenters. The Bertz CT molecular complexity index is 1130. The number of amides is 1. The molecule has 3 aromatic rings. The largest absolute Gasteiger partial charge is 0.355 e. The third-order valence-electron chi connectivity index (χ3n) is 5.29. The van der Waals surface area contributed by atoms with Crippen molar-refractivity contribution in [3.63, 3.8) is 0 Å². The summed E-state index contributed by atoms with van der Waals surface area (Å²) < 4.78 is 1.68. The fourth-order valence-corrected chi connectivity index (χ4v) is 5.85. The third-order valence-corrected chi connectivity index (χ3v) is 7.41. The van der Waals surface area contributed by atoms with Crippen molar-refractivity contribution in [3.05, 3.63) is 50.6 Å². The van der Waals surface area contributed by atoms with Gasteiger partial charge in [0.05, 0.1) is 16.8 Å². The Balaban J connectivity index is 1.77. The van der Waals surface area contributed by atoms with Crippen LogP contribution in [0.2, 0.25) is 0 Å². The summed E-state index contributed by atoms with van der Waals surface area (Å²) in [6.07, 6.45) is 4.27. The summed E-state index contributed by atoms with van der Waals surface area (Å²) in [6.45, 7) is 6.80. The minimum atomic E-state index is -0.0380. The van der Waals surface area contributed by atoms with Crippen LogP contribution in [0.4, 0.5) is 0 Å². The second kappa shape index (κ2) is 8.94. The van der Waals surface area contributed by atoms with Crippen LogP contribution >= 0.6 is 23.1 Å². The zero-order chi connectivity index (χ0) is 21.3. The fraction of sp³-hybridized carbons (Fsp3) is 0.435. The first-order valence-corrected chi connectivity index (χ1v) is 12.3. The molecule has 0 fully saturated rings. The van der Waals surface area contributed by atoms with E-state index in [0.29, 0.717) is 17.6 Å². The molecule has 0 spiro atoms. The molecule has 0 saturated heterocycles. The number of carbonyl (C=O) groups is 1. The maximum absolute atomic E-state index is 13.6. The molecule has 5 nitrogen and oxygen atoms in total. The normalized spacial score (nSPS) is 13.6. The van der Waals surface area contributed by atoms with E-state index in [0.717, 1.165) is 40.7 Å². The van der Waals surface area contributed by atoms with Gasteiger partial charge in [0.25, 0.3) is 5.56 Å². The van der Waals surface area contributed by atoms with Gasteiger partial charge < -0.3 is 5.32 Å². The predicted molar refractivity (Wildman–Crippen MR) is 125 cm³/mol. The Morgan fingerprint density at radius 3 is 2.70 bits per heavy atom. The van der Waals surface area contributed by atoms with Gasteiger partial charge in [0.1, 0.15) is 4.83 Å². The van der Waals surface area contributed by atoms with E-state index in [2.05, 4.69) is 19.2 Å². The number of rotatable bonds is 6. The fourth-order valence-electron chi connectivity index (χ4n) is 3.70. The molecule has 1 aromatic carbocycles. The Labute approximate surface area is 184 Å². The van der Waals surface area contributed by atoms with Gasteiger partial charge in [-0.3, -0.25) is 14.2 Å². The second-order valence-corrected chi connectivity index (χ2v) is 10.3. The Morgan fingerprint density at radius 1 is 1.23 bits per heavy atom. The van der Waals surface area contributed by atoms with E-state index in [4.69, 9.17) is 4.98 Å². The lowest BCUT2D eigenvalue weighted by Crippen LogP contribution is -2.29. The number of benzene rings is 1. The van der Waals surface area contributed by atoms with Crippen molar-refractivity contribution in [1.29, 1.82) is 0 Å². The van der Waals surface area contributed by atoms with Crippen LogP contribution < -0.4 is 10.9 Å². The lowest BCUT2D eigenvalue weighted by atomic mass is 9.97. The standard InChI is InChI=1S/C23H27N3O2S2/c1-14(2)12-24-19(27)13-29-23-25-21-20(17-6-4-5-7-18(17)30-21)22(28)26(23)16-10-8-15(3)9-11-16/h8-11,14H,4-7,12-13H2,1-3H3,(H,24,27). The summed E-state index contributed by atoms with van der Waals surface area (Å²) in [7, 11) is 0. The first kappa shape index (κ1) is 21.1. The van der Waals surface area contributed by atoms with Crippen molar-refractivity contribution in [2.45, 2.75) is 51.6 Å². The van der Waals surface area contributed by atoms with E-state index in [9.17, 15) is 9.59 Å². The van der Waals surface area contributed by atoms with Crippen LogP contribution in [-0.4, -0.2) is 27.8 Å². The van der Waals surface area contributed by atoms with Crippen molar-refractivity contribution < 1.29 is 4.79 Å². The average molecular weight is 442 g/mol. The van der Waals surface area contributed by atoms with Crippen molar-refractivity contribution in [3.8, 4) is 5.69 Å². The van der Waals surface area contributed by atoms with Gasteiger partial charge in [0.2, 0.25) is 5.91 Å². The molecule has 2 heterocycles. The van der Waals surface area contributed by atoms with Crippen LogP contribution in [0.1, 0.15) is 42.7 Å². The highest BCUT2D eigenvalue weighted by Crippen LogP contribution is 2.35. The summed E-state index contributed by atoms with van der Waals surface area (Å²) in [6, 6.07) is 7.90. The molecule has 7 heteroatoms. The van der Waals surface area contributed by atoms with E-state index in [-0.39, 0.29) is 17.2 Å². The minimum absolute atomic E-state index is 0.0201. The number of thioether (sulfide) groups is 1. The maximum atomic E-state index is 13.6. The third kappa shape index (κ3) is 4.32. The molecular formula is C23H27N3O2S2. The summed E-state index contributed by atoms with van der Waals surface area (Å²) in [5.41, 5.74) is 3.09. The number of aryl methyl sites for hydroxylation is 3. The lowest BCUT2D eigenvalue weighted by molar-refractivity contribution is -0.118. The van der Waals surface area contributed by atoms with Crippen LogP contribution in [0, 0.1) is 12.8 Å². The summed E-state index contributed by atoms with van der Waals surface area (Å²) in [4.78, 5) is 32.9. The van der Waals surface area contributed by atoms with Gasteiger partial charge in [-0.05, 0) is 56.2 Å². The van der Waals surface area contributed by atoms with Gasteiger partial charge in [-0.15, -0.1) is 11.3 Å². The van der Waals surface area contributed by atoms with Gasteiger partial charge in [-0.1, -0.05) is 43.3 Å². The van der Waals surface area contributed by atoms with Crippen molar-refractivity contribution in [2.24, 2.45) is 5.92 Å². The molecule has 1 amide bonds. The number of thiophene rings is 1. The van der Waals surface area contributed by atoms with E-state index in [1.54, 1.807) is 15.9 Å². The molecule has 1 aliphatic rings. The number of aromatic nitrogens is 2. The first-order valence-electron chi connectivity index (χ1n) is 10.5. The van der Waals surface area contributed by atoms with E-state index >= 15 is 0 Å². The van der Waals surface area contributed by atoms with Crippen LogP contribution in [0.25, 0.3) is 15.9 Å². The summed E-state index contributed by atoms with van der Waals surface area (Å²) >= 11 is 2.97. The maximum Gasteiger partial charge on any atom is 0.267 e. The number of fused-ring (bicyclic) bond motifs is 3. The van der Waals surface area contributed by atoms with E-state index in [1.165, 1.54) is 28.6 Å². The smallest absolute Gasteiger partial charge is 0.267 e. The first-order chi connectivity index (χ1) is 14.4. The molecule has 0 radical (unpaired) electrons. The average Bonchev–Trinajstić information content (AvgIpc) is 3.10. The van der Waals surface area contributed by atoms with Crippen molar-refractivity contribution in [2.75, 3.05) is 12.3 Å². The zero-order valence-corrected chi connectivity index (χ0v) is 19.3. The van der Waals surface area contributed by atoms with Crippen LogP contribution in [-0.2, 0) is 17.6 Å². The molecule has 0 unspecified atom stereocenters. The van der Waals surface area contributed by atoms with Gasteiger partial charge in [0.15, 0.2) is 5.16 Å². The lowest BCUT2D eigenvalue weighted by Gasteiger charge is -2.14. The van der Waals surface area contributed by atoms with Gasteiger partial charge in [-0.2, -0.15) is 0 Å². The molecule has 1 aliphatic carbocycles. The number of hydrogen-bond acceptors (Lipinski definition) is 5. The quantitative estimate of drug-likeness (QED) is 0.452. The van der Waals surface area contributed by atoms with Crippen LogP contribution in [0.5, 0.6) is 0 Å². The van der Waals surface area contributed by atoms with E-state index < -0.39 is 0 Å². The summed E-state index contributed by atoms with van der Waals surface area (Å²) in [5, 5.41) is 4.28. The monoisotopic (exact) mass is 441 g/mol. The zero-order valence-electron chi connectivity index (χ0n) is 17.7. The molecular weight excluding hydrogens is 414 g/mol. The highest BCUT2D eigenvalue weighted by Gasteiger charge is 2.23. The molecule has 0 bridgehead atoms. The highest BCUT2D eigenvalue weighted by molar-refractivity contribution is 7.99. The number of nitrogens with zero attached hydrogens (tertiary/aromatic N) is 2. The molecule has 1 N–H and O–H groups in total. The van der Waals surface area contributed by atoms with Crippen molar-refractivity contribution in [1.82, 2.24) is 14.9 Å². The SMILES string of the molecule is Cc1ccc(-n2c(SCC(=O)NCC(C)C)nc3sc4c(c3c2=O)CCCC4)cc1. The molecule has 30 heavy (non-hydrogen) atoms. The van der Waals surface area contributed by atoms with Gasteiger partial charge in [-0.25, -0.2) is 4.98 Å².